The number of rotatable bonds is 5. The first-order valence-electron chi connectivity index (χ1n) is 10.7. The first-order valence-corrected chi connectivity index (χ1v) is 10.7. The predicted molar refractivity (Wildman–Crippen MR) is 111 cm³/mol. The minimum absolute atomic E-state index is 0.0154. The predicted octanol–water partition coefficient (Wildman–Crippen LogP) is 3.41. The van der Waals surface area contributed by atoms with Crippen molar-refractivity contribution in [2.45, 2.75) is 57.4 Å². The van der Waals surface area contributed by atoms with Crippen molar-refractivity contribution in [3.63, 3.8) is 0 Å². The Labute approximate surface area is 167 Å². The van der Waals surface area contributed by atoms with E-state index in [1.54, 1.807) is 0 Å². The molecule has 2 aliphatic rings. The highest BCUT2D eigenvalue weighted by Gasteiger charge is 2.35. The van der Waals surface area contributed by atoms with Crippen molar-refractivity contribution >= 4 is 22.7 Å². The highest BCUT2D eigenvalue weighted by Crippen LogP contribution is 2.35. The lowest BCUT2D eigenvalue weighted by molar-refractivity contribution is -0.137. The Hall–Kier alpha value is -2.30. The topological polar surface area (TPSA) is 54.3 Å². The number of benzene rings is 1. The van der Waals surface area contributed by atoms with Gasteiger partial charge in [0, 0.05) is 49.7 Å². The van der Waals surface area contributed by atoms with Crippen molar-refractivity contribution in [1.82, 2.24) is 14.8 Å². The molecule has 1 aliphatic carbocycles. The van der Waals surface area contributed by atoms with Gasteiger partial charge in [-0.2, -0.15) is 0 Å². The minimum Gasteiger partial charge on any atom is -0.355 e. The number of para-hydroxylation sites is 1. The fourth-order valence-electron chi connectivity index (χ4n) is 5.19. The molecule has 1 N–H and O–H groups in total. The van der Waals surface area contributed by atoms with Crippen molar-refractivity contribution in [2.24, 2.45) is 13.0 Å². The van der Waals surface area contributed by atoms with Gasteiger partial charge in [-0.25, -0.2) is 0 Å². The van der Waals surface area contributed by atoms with Crippen molar-refractivity contribution in [2.75, 3.05) is 13.1 Å². The summed E-state index contributed by atoms with van der Waals surface area (Å²) >= 11 is 0. The quantitative estimate of drug-likeness (QED) is 0.863. The number of carbonyl (C=O) groups excluding carboxylic acids is 2. The molecule has 1 aliphatic heterocycles. The van der Waals surface area contributed by atoms with Crippen LogP contribution in [-0.4, -0.2) is 40.4 Å². The Balaban J connectivity index is 1.28. The van der Waals surface area contributed by atoms with Crippen molar-refractivity contribution in [1.29, 1.82) is 0 Å². The van der Waals surface area contributed by atoms with Gasteiger partial charge in [0.2, 0.25) is 11.8 Å². The normalized spacial score (nSPS) is 22.1. The van der Waals surface area contributed by atoms with Gasteiger partial charge in [0.1, 0.15) is 0 Å². The van der Waals surface area contributed by atoms with E-state index in [1.807, 2.05) is 25.4 Å². The number of hydrogen-bond donors (Lipinski definition) is 1. The van der Waals surface area contributed by atoms with E-state index < -0.39 is 0 Å². The smallest absolute Gasteiger partial charge is 0.224 e. The Bertz CT molecular complexity index is 855. The summed E-state index contributed by atoms with van der Waals surface area (Å²) in [6.07, 6.45) is 10.2. The van der Waals surface area contributed by atoms with E-state index in [0.29, 0.717) is 31.3 Å². The molecule has 150 valence electrons. The lowest BCUT2D eigenvalue weighted by atomic mass is 9.78. The van der Waals surface area contributed by atoms with E-state index in [0.717, 1.165) is 35.9 Å². The lowest BCUT2D eigenvalue weighted by Crippen LogP contribution is -2.50. The Morgan fingerprint density at radius 2 is 1.89 bits per heavy atom. The van der Waals surface area contributed by atoms with E-state index in [1.165, 1.54) is 25.7 Å². The summed E-state index contributed by atoms with van der Waals surface area (Å²) in [6, 6.07) is 8.57. The summed E-state index contributed by atoms with van der Waals surface area (Å²) in [5.41, 5.74) is 2.16. The average Bonchev–Trinajstić information content (AvgIpc) is 3.03. The van der Waals surface area contributed by atoms with Crippen LogP contribution in [0.5, 0.6) is 0 Å². The molecule has 2 heterocycles. The number of nitrogens with one attached hydrogen (secondary N) is 1. The van der Waals surface area contributed by atoms with E-state index in [9.17, 15) is 9.59 Å². The Morgan fingerprint density at radius 1 is 1.11 bits per heavy atom. The largest absolute Gasteiger partial charge is 0.355 e. The van der Waals surface area contributed by atoms with Crippen LogP contribution in [-0.2, 0) is 23.1 Å². The molecule has 2 amide bonds. The van der Waals surface area contributed by atoms with E-state index in [4.69, 9.17) is 0 Å². The highest BCUT2D eigenvalue weighted by molar-refractivity contribution is 5.89. The molecule has 2 fully saturated rings. The standard InChI is InChI=1S/C23H31N3O2/c1-25-16-18(19-9-3-5-11-21(19)25)15-22(27)24-13-12-23(28)26-14-6-8-17-7-2-4-10-20(17)26/h3,5,9,11,16-17,20H,2,4,6-8,10,12-15H2,1H3,(H,24,27). The average molecular weight is 382 g/mol. The van der Waals surface area contributed by atoms with Crippen LogP contribution in [0.1, 0.15) is 50.5 Å². The second-order valence-corrected chi connectivity index (χ2v) is 8.40. The minimum atomic E-state index is -0.0154. The molecule has 2 aromatic rings. The molecule has 1 saturated carbocycles. The van der Waals surface area contributed by atoms with Crippen LogP contribution in [0.2, 0.25) is 0 Å². The number of likely N-dealkylation sites (tertiary alicyclic amines) is 1. The Kier molecular flexibility index (Phi) is 5.69. The molecule has 1 saturated heterocycles. The fourth-order valence-corrected chi connectivity index (χ4v) is 5.19. The van der Waals surface area contributed by atoms with E-state index >= 15 is 0 Å². The molecule has 2 atom stereocenters. The van der Waals surface area contributed by atoms with Crippen molar-refractivity contribution in [3.05, 3.63) is 36.0 Å². The molecule has 2 unspecified atom stereocenters. The molecule has 1 aromatic heterocycles. The zero-order chi connectivity index (χ0) is 19.5. The monoisotopic (exact) mass is 381 g/mol. The summed E-state index contributed by atoms with van der Waals surface area (Å²) in [5, 5.41) is 4.07. The van der Waals surface area contributed by atoms with Gasteiger partial charge >= 0.3 is 0 Å². The molecular weight excluding hydrogens is 350 g/mol. The maximum absolute atomic E-state index is 12.7. The summed E-state index contributed by atoms with van der Waals surface area (Å²) in [7, 11) is 2.00. The number of fused-ring (bicyclic) bond motifs is 2. The van der Waals surface area contributed by atoms with Gasteiger partial charge in [-0.15, -0.1) is 0 Å². The first kappa shape index (κ1) is 19.0. The third-order valence-electron chi connectivity index (χ3n) is 6.56. The molecule has 1 aromatic carbocycles. The number of aryl methyl sites for hydroxylation is 1. The van der Waals surface area contributed by atoms with E-state index in [-0.39, 0.29) is 11.8 Å². The van der Waals surface area contributed by atoms with Gasteiger partial charge in [0.15, 0.2) is 0 Å². The second-order valence-electron chi connectivity index (χ2n) is 8.40. The molecule has 5 heteroatoms. The van der Waals surface area contributed by atoms with Gasteiger partial charge in [0.05, 0.1) is 6.42 Å². The number of nitrogens with zero attached hydrogens (tertiary/aromatic N) is 2. The van der Waals surface area contributed by atoms with Crippen molar-refractivity contribution in [3.8, 4) is 0 Å². The van der Waals surface area contributed by atoms with Crippen LogP contribution in [0, 0.1) is 5.92 Å². The fraction of sp³-hybridized carbons (Fsp3) is 0.565. The summed E-state index contributed by atoms with van der Waals surface area (Å²) in [5.74, 6) is 0.896. The number of aromatic nitrogens is 1. The third-order valence-corrected chi connectivity index (χ3v) is 6.56. The number of hydrogen-bond acceptors (Lipinski definition) is 2. The van der Waals surface area contributed by atoms with Gasteiger partial charge in [-0.05, 0) is 43.2 Å². The molecule has 0 spiro atoms. The van der Waals surface area contributed by atoms with Gasteiger partial charge in [-0.3, -0.25) is 9.59 Å². The number of carbonyl (C=O) groups is 2. The van der Waals surface area contributed by atoms with Crippen LogP contribution in [0.3, 0.4) is 0 Å². The zero-order valence-corrected chi connectivity index (χ0v) is 16.8. The maximum Gasteiger partial charge on any atom is 0.224 e. The van der Waals surface area contributed by atoms with Gasteiger partial charge < -0.3 is 14.8 Å². The number of amides is 2. The van der Waals surface area contributed by atoms with Crippen LogP contribution in [0.4, 0.5) is 0 Å². The van der Waals surface area contributed by atoms with Crippen LogP contribution in [0.25, 0.3) is 10.9 Å². The highest BCUT2D eigenvalue weighted by atomic mass is 16.2. The molecule has 0 radical (unpaired) electrons. The molecule has 0 bridgehead atoms. The number of piperidine rings is 1. The summed E-state index contributed by atoms with van der Waals surface area (Å²) < 4.78 is 2.05. The third kappa shape index (κ3) is 3.94. The molecular formula is C23H31N3O2. The Morgan fingerprint density at radius 3 is 2.79 bits per heavy atom. The van der Waals surface area contributed by atoms with Crippen molar-refractivity contribution < 1.29 is 9.59 Å². The molecule has 5 nitrogen and oxygen atoms in total. The van der Waals surface area contributed by atoms with Crippen LogP contribution in [0.15, 0.2) is 30.5 Å². The summed E-state index contributed by atoms with van der Waals surface area (Å²) in [6.45, 7) is 1.32. The van der Waals surface area contributed by atoms with Gasteiger partial charge in [0.25, 0.3) is 0 Å². The second kappa shape index (κ2) is 8.38. The molecule has 28 heavy (non-hydrogen) atoms. The lowest BCUT2D eigenvalue weighted by Gasteiger charge is -2.44. The first-order chi connectivity index (χ1) is 13.6. The zero-order valence-electron chi connectivity index (χ0n) is 16.8. The van der Waals surface area contributed by atoms with E-state index in [2.05, 4.69) is 26.9 Å². The molecule has 4 rings (SSSR count). The van der Waals surface area contributed by atoms with Gasteiger partial charge in [-0.1, -0.05) is 31.0 Å². The maximum atomic E-state index is 12.7. The SMILES string of the molecule is Cn1cc(CC(=O)NCCC(=O)N2CCCC3CCCCC32)c2ccccc21. The summed E-state index contributed by atoms with van der Waals surface area (Å²) in [4.78, 5) is 27.3. The van der Waals surface area contributed by atoms with Crippen LogP contribution < -0.4 is 5.32 Å². The van der Waals surface area contributed by atoms with Crippen LogP contribution >= 0.6 is 0 Å².